The van der Waals surface area contributed by atoms with Gasteiger partial charge in [-0.05, 0) is 55.2 Å². The normalized spacial score (nSPS) is 31.4. The first-order valence-electron chi connectivity index (χ1n) is 13.1. The topological polar surface area (TPSA) is 131 Å². The molecular formula is C29H22BrCl2FN2O8. The van der Waals surface area contributed by atoms with Crippen LogP contribution >= 0.6 is 39.1 Å². The minimum atomic E-state index is -2.26. The van der Waals surface area contributed by atoms with Crippen LogP contribution in [-0.2, 0) is 23.9 Å². The van der Waals surface area contributed by atoms with Gasteiger partial charge in [-0.15, -0.1) is 23.2 Å². The molecule has 5 amide bonds. The summed E-state index contributed by atoms with van der Waals surface area (Å²) in [6.07, 6.45) is 0.149. The van der Waals surface area contributed by atoms with Crippen molar-refractivity contribution in [3.8, 4) is 11.5 Å². The zero-order valence-corrected chi connectivity index (χ0v) is 25.6. The summed E-state index contributed by atoms with van der Waals surface area (Å²) in [7, 11) is 2.36. The molecule has 2 heterocycles. The number of phenols is 1. The molecule has 0 aromatic heterocycles. The molecule has 43 heavy (non-hydrogen) atoms. The number of carbonyl (C=O) groups is 5. The third-order valence-corrected chi connectivity index (χ3v) is 10.7. The molecule has 2 saturated heterocycles. The number of imide groups is 4. The Morgan fingerprint density at radius 1 is 1.05 bits per heavy atom. The summed E-state index contributed by atoms with van der Waals surface area (Å²) in [4.78, 5) is 64.5. The highest BCUT2D eigenvalue weighted by molar-refractivity contribution is 9.10. The smallest absolute Gasteiger partial charge is 0.423 e. The monoisotopic (exact) mass is 694 g/mol. The van der Waals surface area contributed by atoms with Crippen molar-refractivity contribution in [1.29, 1.82) is 0 Å². The number of carbonyl (C=O) groups excluding carboxylic acids is 5. The number of anilines is 1. The Balaban J connectivity index is 1.59. The summed E-state index contributed by atoms with van der Waals surface area (Å²) in [6.45, 7) is 0. The lowest BCUT2D eigenvalue weighted by molar-refractivity contribution is -0.138. The Hall–Kier alpha value is -3.48. The number of hydrogen-bond donors (Lipinski definition) is 1. The van der Waals surface area contributed by atoms with Gasteiger partial charge in [0.15, 0.2) is 21.2 Å². The van der Waals surface area contributed by atoms with Gasteiger partial charge >= 0.3 is 6.09 Å². The number of hydrogen-bond acceptors (Lipinski definition) is 8. The Morgan fingerprint density at radius 2 is 1.72 bits per heavy atom. The van der Waals surface area contributed by atoms with E-state index >= 15 is 0 Å². The number of ether oxygens (including phenoxy) is 2. The zero-order chi connectivity index (χ0) is 31.2. The van der Waals surface area contributed by atoms with E-state index in [1.165, 1.54) is 31.4 Å². The fraction of sp³-hybridized carbons (Fsp3) is 0.345. The predicted octanol–water partition coefficient (Wildman–Crippen LogP) is 4.63. The molecule has 2 aliphatic heterocycles. The number of halogens is 4. The number of amides is 5. The van der Waals surface area contributed by atoms with Crippen molar-refractivity contribution in [3.63, 3.8) is 0 Å². The molecule has 2 aromatic carbocycles. The van der Waals surface area contributed by atoms with Crippen molar-refractivity contribution in [2.45, 2.75) is 28.5 Å². The fourth-order valence-electron chi connectivity index (χ4n) is 6.99. The molecule has 0 spiro atoms. The summed E-state index contributed by atoms with van der Waals surface area (Å²) < 4.78 is 24.2. The molecule has 10 nitrogen and oxygen atoms in total. The largest absolute Gasteiger partial charge is 0.504 e. The Bertz CT molecular complexity index is 1670. The Kier molecular flexibility index (Phi) is 6.90. The lowest BCUT2D eigenvalue weighted by atomic mass is 9.56. The van der Waals surface area contributed by atoms with Gasteiger partial charge in [0, 0.05) is 16.0 Å². The minimum Gasteiger partial charge on any atom is -0.504 e. The SMILES string of the molecule is COC(=O)N1C(=O)[C@H]2[C@H](CC=C3[C@H]2C[C@@]2(Cl)C(=O)N(c4ccc(F)cc4)C(=O)[C@@]2(Cl)[C@H]3c2cc(Br)cc(OC)c2O)C1=O. The van der Waals surface area contributed by atoms with Crippen LogP contribution in [0.4, 0.5) is 14.9 Å². The average molecular weight is 696 g/mol. The molecule has 14 heteroatoms. The number of fused-ring (bicyclic) bond motifs is 4. The van der Waals surface area contributed by atoms with Crippen LogP contribution in [0.2, 0.25) is 0 Å². The van der Waals surface area contributed by atoms with Crippen molar-refractivity contribution >= 4 is 74.5 Å². The van der Waals surface area contributed by atoms with Crippen LogP contribution in [0.3, 0.4) is 0 Å². The van der Waals surface area contributed by atoms with Gasteiger partial charge in [0.1, 0.15) is 5.82 Å². The molecule has 6 atom stereocenters. The number of allylic oxidation sites excluding steroid dienone is 2. The van der Waals surface area contributed by atoms with E-state index in [0.717, 1.165) is 24.1 Å². The number of benzene rings is 2. The molecule has 0 bridgehead atoms. The maximum Gasteiger partial charge on any atom is 0.423 e. The highest BCUT2D eigenvalue weighted by Crippen LogP contribution is 2.67. The van der Waals surface area contributed by atoms with E-state index in [9.17, 15) is 33.5 Å². The van der Waals surface area contributed by atoms with Crippen LogP contribution in [0, 0.1) is 23.6 Å². The van der Waals surface area contributed by atoms with Gasteiger partial charge in [0.25, 0.3) is 11.8 Å². The summed E-state index contributed by atoms with van der Waals surface area (Å²) in [5.74, 6) is -8.75. The molecular weight excluding hydrogens is 674 g/mol. The van der Waals surface area contributed by atoms with Crippen molar-refractivity contribution in [1.82, 2.24) is 4.90 Å². The predicted molar refractivity (Wildman–Crippen MR) is 153 cm³/mol. The lowest BCUT2D eigenvalue weighted by Crippen LogP contribution is -2.60. The second kappa shape index (κ2) is 10.0. The number of alkyl halides is 2. The van der Waals surface area contributed by atoms with Gasteiger partial charge in [-0.25, -0.2) is 14.1 Å². The van der Waals surface area contributed by atoms with E-state index in [1.54, 1.807) is 6.08 Å². The molecule has 0 unspecified atom stereocenters. The molecule has 6 rings (SSSR count). The summed E-state index contributed by atoms with van der Waals surface area (Å²) in [5, 5.41) is 11.4. The number of likely N-dealkylation sites (tertiary alicyclic amines) is 1. The molecule has 4 aliphatic rings. The number of nitrogens with zero attached hydrogens (tertiary/aromatic N) is 2. The number of rotatable bonds is 3. The van der Waals surface area contributed by atoms with Crippen LogP contribution in [0.5, 0.6) is 11.5 Å². The molecule has 2 aliphatic carbocycles. The lowest BCUT2D eigenvalue weighted by Gasteiger charge is -2.50. The number of phenolic OH excluding ortho intramolecular Hbond substituents is 1. The highest BCUT2D eigenvalue weighted by atomic mass is 79.9. The van der Waals surface area contributed by atoms with Crippen LogP contribution in [0.25, 0.3) is 0 Å². The highest BCUT2D eigenvalue weighted by Gasteiger charge is 2.77. The maximum atomic E-state index is 14.3. The third-order valence-electron chi connectivity index (χ3n) is 8.85. The second-order valence-corrected chi connectivity index (χ2v) is 12.9. The fourth-order valence-corrected chi connectivity index (χ4v) is 8.37. The van der Waals surface area contributed by atoms with E-state index in [-0.39, 0.29) is 35.6 Å². The van der Waals surface area contributed by atoms with E-state index < -0.39 is 69.0 Å². The van der Waals surface area contributed by atoms with E-state index in [4.69, 9.17) is 27.9 Å². The van der Waals surface area contributed by atoms with Gasteiger partial charge in [0.05, 0.1) is 31.7 Å². The van der Waals surface area contributed by atoms with Crippen molar-refractivity contribution in [2.75, 3.05) is 19.1 Å². The summed E-state index contributed by atoms with van der Waals surface area (Å²) in [6, 6.07) is 7.58. The van der Waals surface area contributed by atoms with Crippen LogP contribution in [0.15, 0.2) is 52.5 Å². The maximum absolute atomic E-state index is 14.3. The first-order valence-corrected chi connectivity index (χ1v) is 14.6. The summed E-state index contributed by atoms with van der Waals surface area (Å²) >= 11 is 17.9. The third kappa shape index (κ3) is 3.85. The van der Waals surface area contributed by atoms with E-state index in [2.05, 4.69) is 20.7 Å². The molecule has 0 radical (unpaired) electrons. The minimum absolute atomic E-state index is 0.00301. The zero-order valence-electron chi connectivity index (χ0n) is 22.5. The summed E-state index contributed by atoms with van der Waals surface area (Å²) in [5.41, 5.74) is 0.474. The molecule has 224 valence electrons. The van der Waals surface area contributed by atoms with Crippen LogP contribution in [0.1, 0.15) is 24.3 Å². The second-order valence-electron chi connectivity index (χ2n) is 10.8. The van der Waals surface area contributed by atoms with Crippen molar-refractivity contribution < 1.29 is 42.9 Å². The van der Waals surface area contributed by atoms with Gasteiger partial charge in [-0.2, -0.15) is 4.90 Å². The molecule has 2 aromatic rings. The Morgan fingerprint density at radius 3 is 2.35 bits per heavy atom. The first-order chi connectivity index (χ1) is 20.3. The van der Waals surface area contributed by atoms with Gasteiger partial charge in [-0.1, -0.05) is 27.6 Å². The van der Waals surface area contributed by atoms with Gasteiger partial charge < -0.3 is 14.6 Å². The van der Waals surface area contributed by atoms with Crippen molar-refractivity contribution in [3.05, 3.63) is 63.9 Å². The van der Waals surface area contributed by atoms with Crippen LogP contribution in [-0.4, -0.2) is 63.7 Å². The quantitative estimate of drug-likeness (QED) is 0.280. The standard InChI is InChI=1S/C29H22BrCl2FN2O8/c1-42-19-10-12(30)9-17(22(19)36)21-15-7-8-16-20(24(38)35(23(16)37)27(41)43-2)18(15)11-28(31)25(39)34(26(40)29(21,28)32)14-5-3-13(33)4-6-14/h3-7,9-10,16,18,20-21,36H,8,11H2,1-2H3/t16-,18+,20-,21+,28+,29-/m0/s1. The molecule has 3 fully saturated rings. The number of aromatic hydroxyl groups is 1. The first kappa shape index (κ1) is 29.6. The van der Waals surface area contributed by atoms with Crippen LogP contribution < -0.4 is 9.64 Å². The van der Waals surface area contributed by atoms with Crippen molar-refractivity contribution in [2.24, 2.45) is 17.8 Å². The molecule has 1 saturated carbocycles. The Labute approximate surface area is 262 Å². The van der Waals surface area contributed by atoms with E-state index in [0.29, 0.717) is 14.9 Å². The average Bonchev–Trinajstić information content (AvgIpc) is 3.32. The van der Waals surface area contributed by atoms with E-state index in [1.807, 2.05) is 0 Å². The molecule has 1 N–H and O–H groups in total. The number of methoxy groups -OCH3 is 2. The van der Waals surface area contributed by atoms with Gasteiger partial charge in [-0.3, -0.25) is 19.2 Å². The van der Waals surface area contributed by atoms with Gasteiger partial charge in [0.2, 0.25) is 11.8 Å².